The number of hydrogen-bond donors (Lipinski definition) is 0. The number of sulfonamides is 1. The molecule has 0 aromatic carbocycles. The van der Waals surface area contributed by atoms with Crippen LogP contribution >= 0.6 is 11.3 Å². The molecule has 0 saturated carbocycles. The summed E-state index contributed by atoms with van der Waals surface area (Å²) in [7, 11) is 1.12. The predicted molar refractivity (Wildman–Crippen MR) is 89.0 cm³/mol. The Bertz CT molecular complexity index is 702. The summed E-state index contributed by atoms with van der Waals surface area (Å²) in [6.07, 6.45) is 1.54. The van der Waals surface area contributed by atoms with E-state index in [1.54, 1.807) is 21.3 Å². The molecule has 0 N–H and O–H groups in total. The quantitative estimate of drug-likeness (QED) is 0.677. The Balaban J connectivity index is 2.40. The van der Waals surface area contributed by atoms with Crippen LogP contribution in [-0.4, -0.2) is 63.0 Å². The summed E-state index contributed by atoms with van der Waals surface area (Å²) in [6, 6.07) is 3.74. The number of nitrogens with zero attached hydrogens (tertiary/aromatic N) is 3. The third kappa shape index (κ3) is 4.18. The van der Waals surface area contributed by atoms with Crippen LogP contribution in [-0.2, 0) is 26.5 Å². The van der Waals surface area contributed by atoms with E-state index >= 15 is 0 Å². The summed E-state index contributed by atoms with van der Waals surface area (Å²) in [6.45, 7) is 1.16. The number of thiophene rings is 1. The van der Waals surface area contributed by atoms with E-state index in [1.165, 1.54) is 26.5 Å². The van der Waals surface area contributed by atoms with Crippen molar-refractivity contribution in [3.63, 3.8) is 0 Å². The van der Waals surface area contributed by atoms with Crippen molar-refractivity contribution in [2.75, 3.05) is 40.5 Å². The first kappa shape index (κ1) is 18.1. The molecule has 2 rings (SSSR count). The molecule has 2 aromatic rings. The molecule has 0 aliphatic heterocycles. The molecule has 0 spiro atoms. The van der Waals surface area contributed by atoms with Crippen LogP contribution in [0.2, 0.25) is 0 Å². The molecule has 0 radical (unpaired) electrons. The van der Waals surface area contributed by atoms with Gasteiger partial charge in [-0.15, -0.1) is 11.3 Å². The van der Waals surface area contributed by atoms with Crippen LogP contribution < -0.4 is 0 Å². The zero-order chi connectivity index (χ0) is 16.9. The predicted octanol–water partition coefficient (Wildman–Crippen LogP) is 1.43. The Hall–Kier alpha value is -1.26. The molecule has 128 valence electrons. The Morgan fingerprint density at radius 3 is 2.43 bits per heavy atom. The summed E-state index contributed by atoms with van der Waals surface area (Å²) < 4.78 is 39.0. The van der Waals surface area contributed by atoms with E-state index in [2.05, 4.69) is 5.10 Å². The van der Waals surface area contributed by atoms with E-state index in [9.17, 15) is 8.42 Å². The minimum atomic E-state index is -3.68. The number of methoxy groups -OCH3 is 2. The van der Waals surface area contributed by atoms with Gasteiger partial charge in [0.2, 0.25) is 10.0 Å². The van der Waals surface area contributed by atoms with Crippen molar-refractivity contribution in [2.45, 2.75) is 4.90 Å². The third-order valence-corrected chi connectivity index (χ3v) is 6.03. The lowest BCUT2D eigenvalue weighted by Crippen LogP contribution is -2.36. The molecule has 0 bridgehead atoms. The van der Waals surface area contributed by atoms with Crippen molar-refractivity contribution in [3.05, 3.63) is 23.7 Å². The topological polar surface area (TPSA) is 73.7 Å². The fraction of sp³-hybridized carbons (Fsp3) is 0.500. The summed E-state index contributed by atoms with van der Waals surface area (Å²) >= 11 is 1.46. The monoisotopic (exact) mass is 359 g/mol. The highest BCUT2D eigenvalue weighted by atomic mass is 32.2. The van der Waals surface area contributed by atoms with Crippen LogP contribution in [0.25, 0.3) is 10.6 Å². The fourth-order valence-electron chi connectivity index (χ4n) is 2.12. The Labute approximate surface area is 140 Å². The average molecular weight is 359 g/mol. The van der Waals surface area contributed by atoms with Gasteiger partial charge < -0.3 is 9.47 Å². The van der Waals surface area contributed by atoms with Gasteiger partial charge >= 0.3 is 0 Å². The second-order valence-corrected chi connectivity index (χ2v) is 7.74. The molecule has 0 saturated heterocycles. The Kier molecular flexibility index (Phi) is 6.31. The van der Waals surface area contributed by atoms with Crippen LogP contribution in [0.1, 0.15) is 0 Å². The van der Waals surface area contributed by atoms with Crippen LogP contribution in [0, 0.1) is 0 Å². The van der Waals surface area contributed by atoms with Crippen LogP contribution in [0.5, 0.6) is 0 Å². The molecule has 0 aliphatic rings. The van der Waals surface area contributed by atoms with Crippen LogP contribution in [0.4, 0.5) is 0 Å². The van der Waals surface area contributed by atoms with Crippen molar-refractivity contribution in [3.8, 4) is 10.6 Å². The molecule has 9 heteroatoms. The van der Waals surface area contributed by atoms with Crippen molar-refractivity contribution in [2.24, 2.45) is 7.05 Å². The van der Waals surface area contributed by atoms with Gasteiger partial charge in [-0.3, -0.25) is 4.68 Å². The molecule has 0 fully saturated rings. The standard InChI is InChI=1S/C14H21N3O4S2/c1-16-11-13(14(15-16)12-5-4-10-22-12)23(18,19)17(6-8-20-2)7-9-21-3/h4-5,10-11H,6-9H2,1-3H3. The summed E-state index contributed by atoms with van der Waals surface area (Å²) in [5.41, 5.74) is 0.474. The van der Waals surface area contributed by atoms with Crippen molar-refractivity contribution >= 4 is 21.4 Å². The summed E-state index contributed by atoms with van der Waals surface area (Å²) in [5, 5.41) is 6.22. The van der Waals surface area contributed by atoms with Crippen molar-refractivity contribution in [1.29, 1.82) is 0 Å². The lowest BCUT2D eigenvalue weighted by atomic mass is 10.3. The molecule has 23 heavy (non-hydrogen) atoms. The second kappa shape index (κ2) is 8.02. The fourth-order valence-corrected chi connectivity index (χ4v) is 4.49. The molecule has 2 heterocycles. The first-order chi connectivity index (χ1) is 11.0. The van der Waals surface area contributed by atoms with Crippen LogP contribution in [0.3, 0.4) is 0 Å². The van der Waals surface area contributed by atoms with Gasteiger partial charge in [-0.1, -0.05) is 6.07 Å². The lowest BCUT2D eigenvalue weighted by molar-refractivity contribution is 0.150. The summed E-state index contributed by atoms with van der Waals surface area (Å²) in [5.74, 6) is 0. The van der Waals surface area contributed by atoms with Gasteiger partial charge in [0.05, 0.1) is 18.1 Å². The highest BCUT2D eigenvalue weighted by Gasteiger charge is 2.29. The number of aromatic nitrogens is 2. The molecular formula is C14H21N3O4S2. The number of ether oxygens (including phenoxy) is 2. The number of aryl methyl sites for hydroxylation is 1. The van der Waals surface area contributed by atoms with E-state index in [0.29, 0.717) is 18.9 Å². The van der Waals surface area contributed by atoms with Gasteiger partial charge in [-0.25, -0.2) is 8.42 Å². The Morgan fingerprint density at radius 2 is 1.91 bits per heavy atom. The van der Waals surface area contributed by atoms with Gasteiger partial charge in [0.1, 0.15) is 10.6 Å². The average Bonchev–Trinajstić information content (AvgIpc) is 3.16. The van der Waals surface area contributed by atoms with Gasteiger partial charge in [-0.05, 0) is 11.4 Å². The zero-order valence-electron chi connectivity index (χ0n) is 13.4. The molecule has 7 nitrogen and oxygen atoms in total. The Morgan fingerprint density at radius 1 is 1.26 bits per heavy atom. The van der Waals surface area contributed by atoms with E-state index in [4.69, 9.17) is 9.47 Å². The second-order valence-electron chi connectivity index (χ2n) is 4.88. The maximum atomic E-state index is 13.0. The van der Waals surface area contributed by atoms with Gasteiger partial charge in [0.15, 0.2) is 0 Å². The van der Waals surface area contributed by atoms with Crippen molar-refractivity contribution in [1.82, 2.24) is 14.1 Å². The van der Waals surface area contributed by atoms with Crippen molar-refractivity contribution < 1.29 is 17.9 Å². The normalized spacial score (nSPS) is 12.2. The minimum absolute atomic E-state index is 0.203. The first-order valence-corrected chi connectivity index (χ1v) is 9.38. The lowest BCUT2D eigenvalue weighted by Gasteiger charge is -2.21. The highest BCUT2D eigenvalue weighted by molar-refractivity contribution is 7.89. The molecular weight excluding hydrogens is 338 g/mol. The molecule has 2 aromatic heterocycles. The van der Waals surface area contributed by atoms with Crippen LogP contribution in [0.15, 0.2) is 28.6 Å². The van der Waals surface area contributed by atoms with E-state index < -0.39 is 10.0 Å². The third-order valence-electron chi connectivity index (χ3n) is 3.26. The van der Waals surface area contributed by atoms with Gasteiger partial charge in [-0.2, -0.15) is 9.40 Å². The van der Waals surface area contributed by atoms with E-state index in [-0.39, 0.29) is 18.0 Å². The summed E-state index contributed by atoms with van der Waals surface area (Å²) in [4.78, 5) is 1.03. The van der Waals surface area contributed by atoms with E-state index in [1.807, 2.05) is 17.5 Å². The van der Waals surface area contributed by atoms with Gasteiger partial charge in [0.25, 0.3) is 0 Å². The minimum Gasteiger partial charge on any atom is -0.383 e. The van der Waals surface area contributed by atoms with Gasteiger partial charge in [0, 0.05) is 40.6 Å². The first-order valence-electron chi connectivity index (χ1n) is 7.06. The largest absolute Gasteiger partial charge is 0.383 e. The molecule has 0 amide bonds. The maximum absolute atomic E-state index is 13.0. The SMILES string of the molecule is COCCN(CCOC)S(=O)(=O)c1cn(C)nc1-c1cccs1. The van der Waals surface area contributed by atoms with E-state index in [0.717, 1.165) is 4.88 Å². The smallest absolute Gasteiger partial charge is 0.247 e. The number of hydrogen-bond acceptors (Lipinski definition) is 6. The maximum Gasteiger partial charge on any atom is 0.247 e. The molecule has 0 unspecified atom stereocenters. The highest BCUT2D eigenvalue weighted by Crippen LogP contribution is 2.31. The zero-order valence-corrected chi connectivity index (χ0v) is 15.1. The molecule has 0 aliphatic carbocycles. The number of rotatable bonds is 9. The molecule has 0 atom stereocenters.